The monoisotopic (exact) mass is 299 g/mol. The van der Waals surface area contributed by atoms with Gasteiger partial charge in [0.15, 0.2) is 5.78 Å². The van der Waals surface area contributed by atoms with E-state index in [1.807, 2.05) is 18.2 Å². The van der Waals surface area contributed by atoms with E-state index >= 15 is 0 Å². The first-order valence-electron chi connectivity index (χ1n) is 7.12. The Morgan fingerprint density at radius 1 is 1.10 bits per heavy atom. The minimum absolute atomic E-state index is 0.000789. The molecule has 21 heavy (non-hydrogen) atoms. The Labute approximate surface area is 128 Å². The Balaban J connectivity index is 1.76. The van der Waals surface area contributed by atoms with E-state index in [4.69, 9.17) is 0 Å². The molecule has 1 fully saturated rings. The van der Waals surface area contributed by atoms with Crippen molar-refractivity contribution in [2.45, 2.75) is 25.8 Å². The summed E-state index contributed by atoms with van der Waals surface area (Å²) in [6, 6.07) is 13.6. The molecule has 1 aromatic carbocycles. The van der Waals surface area contributed by atoms with Gasteiger partial charge in [0.1, 0.15) is 0 Å². The molecule has 0 aliphatic heterocycles. The minimum Gasteiger partial charge on any atom is -0.344 e. The normalized spacial score (nSPS) is 15.5. The van der Waals surface area contributed by atoms with Gasteiger partial charge in [-0.05, 0) is 43.4 Å². The first-order valence-corrected chi connectivity index (χ1v) is 7.93. The van der Waals surface area contributed by atoms with Crippen molar-refractivity contribution in [1.82, 2.24) is 5.32 Å². The summed E-state index contributed by atoms with van der Waals surface area (Å²) in [6.45, 7) is 1.52. The summed E-state index contributed by atoms with van der Waals surface area (Å²) in [5, 5.41) is 3.12. The first-order chi connectivity index (χ1) is 10.1. The molecule has 1 aliphatic rings. The Bertz CT molecular complexity index is 658. The van der Waals surface area contributed by atoms with Crippen molar-refractivity contribution >= 4 is 23.0 Å². The van der Waals surface area contributed by atoms with Crippen LogP contribution in [0.4, 0.5) is 0 Å². The maximum Gasteiger partial charge on any atom is 0.261 e. The molecule has 4 heteroatoms. The third-order valence-electron chi connectivity index (χ3n) is 3.72. The maximum atomic E-state index is 12.4. The molecule has 1 aromatic heterocycles. The van der Waals surface area contributed by atoms with E-state index in [2.05, 4.69) is 17.4 Å². The highest BCUT2D eigenvalue weighted by molar-refractivity contribution is 7.15. The standard InChI is InChI=1S/C17H17NO2S/c1-11(19)14-9-10-15(21-14)17(20)18-16(13-7-8-13)12-5-3-2-4-6-12/h2-6,9-10,13,16H,7-8H2,1H3,(H,18,20)/t16-/m0/s1. The zero-order valence-electron chi connectivity index (χ0n) is 11.8. The number of carbonyl (C=O) groups is 2. The number of Topliss-reactive ketones (excluding diaryl/α,β-unsaturated/α-hetero) is 1. The summed E-state index contributed by atoms with van der Waals surface area (Å²) < 4.78 is 0. The average Bonchev–Trinajstić information content (AvgIpc) is 3.20. The molecule has 1 saturated carbocycles. The molecule has 2 aromatic rings. The van der Waals surface area contributed by atoms with Gasteiger partial charge in [-0.1, -0.05) is 30.3 Å². The van der Waals surface area contributed by atoms with Crippen LogP contribution in [0.15, 0.2) is 42.5 Å². The van der Waals surface area contributed by atoms with E-state index in [9.17, 15) is 9.59 Å². The molecule has 1 N–H and O–H groups in total. The van der Waals surface area contributed by atoms with Crippen molar-refractivity contribution in [1.29, 1.82) is 0 Å². The van der Waals surface area contributed by atoms with Crippen molar-refractivity contribution < 1.29 is 9.59 Å². The highest BCUT2D eigenvalue weighted by atomic mass is 32.1. The predicted octanol–water partition coefficient (Wildman–Crippen LogP) is 3.83. The van der Waals surface area contributed by atoms with Gasteiger partial charge in [0, 0.05) is 0 Å². The van der Waals surface area contributed by atoms with Crippen molar-refractivity contribution in [2.24, 2.45) is 5.92 Å². The zero-order chi connectivity index (χ0) is 14.8. The van der Waals surface area contributed by atoms with Crippen LogP contribution in [0.1, 0.15) is 50.7 Å². The number of rotatable bonds is 5. The van der Waals surface area contributed by atoms with Gasteiger partial charge in [-0.15, -0.1) is 11.3 Å². The van der Waals surface area contributed by atoms with Gasteiger partial charge < -0.3 is 5.32 Å². The Morgan fingerprint density at radius 2 is 1.76 bits per heavy atom. The number of carbonyl (C=O) groups excluding carboxylic acids is 2. The number of amides is 1. The summed E-state index contributed by atoms with van der Waals surface area (Å²) in [6.07, 6.45) is 2.31. The van der Waals surface area contributed by atoms with Crippen LogP contribution < -0.4 is 5.32 Å². The minimum atomic E-state index is -0.0896. The van der Waals surface area contributed by atoms with Crippen LogP contribution in [0.2, 0.25) is 0 Å². The summed E-state index contributed by atoms with van der Waals surface area (Å²) in [7, 11) is 0. The number of hydrogen-bond donors (Lipinski definition) is 1. The first kappa shape index (κ1) is 14.0. The van der Waals surface area contributed by atoms with E-state index in [-0.39, 0.29) is 17.7 Å². The lowest BCUT2D eigenvalue weighted by Gasteiger charge is -2.18. The van der Waals surface area contributed by atoms with Crippen molar-refractivity contribution in [3.05, 3.63) is 57.8 Å². The molecule has 1 amide bonds. The van der Waals surface area contributed by atoms with Crippen LogP contribution in [-0.2, 0) is 0 Å². The summed E-state index contributed by atoms with van der Waals surface area (Å²) >= 11 is 1.26. The largest absolute Gasteiger partial charge is 0.344 e. The molecule has 0 bridgehead atoms. The van der Waals surface area contributed by atoms with Gasteiger partial charge in [-0.3, -0.25) is 9.59 Å². The topological polar surface area (TPSA) is 46.2 Å². The smallest absolute Gasteiger partial charge is 0.261 e. The fourth-order valence-electron chi connectivity index (χ4n) is 2.42. The average molecular weight is 299 g/mol. The second-order valence-corrected chi connectivity index (χ2v) is 6.50. The quantitative estimate of drug-likeness (QED) is 0.853. The van der Waals surface area contributed by atoms with Crippen molar-refractivity contribution in [3.8, 4) is 0 Å². The number of nitrogens with one attached hydrogen (secondary N) is 1. The lowest BCUT2D eigenvalue weighted by molar-refractivity contribution is 0.0935. The van der Waals surface area contributed by atoms with Gasteiger partial charge in [0.25, 0.3) is 5.91 Å². The van der Waals surface area contributed by atoms with E-state index in [1.54, 1.807) is 12.1 Å². The van der Waals surface area contributed by atoms with Gasteiger partial charge in [0.2, 0.25) is 0 Å². The third-order valence-corrected chi connectivity index (χ3v) is 4.90. The molecule has 0 radical (unpaired) electrons. The lowest BCUT2D eigenvalue weighted by atomic mass is 10.0. The second kappa shape index (κ2) is 5.82. The van der Waals surface area contributed by atoms with Crippen LogP contribution >= 0.6 is 11.3 Å². The van der Waals surface area contributed by atoms with Crippen molar-refractivity contribution in [2.75, 3.05) is 0 Å². The van der Waals surface area contributed by atoms with E-state index in [1.165, 1.54) is 18.3 Å². The zero-order valence-corrected chi connectivity index (χ0v) is 12.7. The fraction of sp³-hybridized carbons (Fsp3) is 0.294. The molecule has 108 valence electrons. The molecule has 0 spiro atoms. The molecule has 1 aliphatic carbocycles. The van der Waals surface area contributed by atoms with E-state index in [0.29, 0.717) is 15.7 Å². The SMILES string of the molecule is CC(=O)c1ccc(C(=O)N[C@@H](c2ccccc2)C2CC2)s1. The lowest BCUT2D eigenvalue weighted by Crippen LogP contribution is -2.29. The molecule has 0 unspecified atom stereocenters. The molecular formula is C17H17NO2S. The summed E-state index contributed by atoms with van der Waals surface area (Å²) in [5.74, 6) is 0.442. The summed E-state index contributed by atoms with van der Waals surface area (Å²) in [4.78, 5) is 24.9. The molecule has 1 atom stereocenters. The molecular weight excluding hydrogens is 282 g/mol. The second-order valence-electron chi connectivity index (χ2n) is 5.42. The highest BCUT2D eigenvalue weighted by Gasteiger charge is 2.33. The number of benzene rings is 1. The maximum absolute atomic E-state index is 12.4. The van der Waals surface area contributed by atoms with Gasteiger partial charge >= 0.3 is 0 Å². The van der Waals surface area contributed by atoms with Crippen molar-refractivity contribution in [3.63, 3.8) is 0 Å². The Hall–Kier alpha value is -1.94. The molecule has 0 saturated heterocycles. The van der Waals surface area contributed by atoms with E-state index in [0.717, 1.165) is 18.4 Å². The van der Waals surface area contributed by atoms with Crippen LogP contribution in [0.3, 0.4) is 0 Å². The predicted molar refractivity (Wildman–Crippen MR) is 83.7 cm³/mol. The third kappa shape index (κ3) is 3.22. The Kier molecular flexibility index (Phi) is 3.88. The van der Waals surface area contributed by atoms with Crippen LogP contribution in [0, 0.1) is 5.92 Å². The summed E-state index contributed by atoms with van der Waals surface area (Å²) in [5.41, 5.74) is 1.15. The van der Waals surface area contributed by atoms with Crippen LogP contribution in [0.5, 0.6) is 0 Å². The molecule has 1 heterocycles. The number of thiophene rings is 1. The number of hydrogen-bond acceptors (Lipinski definition) is 3. The Morgan fingerprint density at radius 3 is 2.33 bits per heavy atom. The van der Waals surface area contributed by atoms with Crippen LogP contribution in [0.25, 0.3) is 0 Å². The highest BCUT2D eigenvalue weighted by Crippen LogP contribution is 2.41. The number of ketones is 1. The molecule has 3 rings (SSSR count). The fourth-order valence-corrected chi connectivity index (χ4v) is 3.23. The van der Waals surface area contributed by atoms with E-state index < -0.39 is 0 Å². The van der Waals surface area contributed by atoms with Gasteiger partial charge in [-0.2, -0.15) is 0 Å². The van der Waals surface area contributed by atoms with Gasteiger partial charge in [-0.25, -0.2) is 0 Å². The van der Waals surface area contributed by atoms with Gasteiger partial charge in [0.05, 0.1) is 15.8 Å². The van der Waals surface area contributed by atoms with Crippen LogP contribution in [-0.4, -0.2) is 11.7 Å². The molecule has 3 nitrogen and oxygen atoms in total.